The fraction of sp³-hybridized carbons (Fsp3) is 0.200. The van der Waals surface area contributed by atoms with Crippen molar-refractivity contribution in [2.24, 2.45) is 0 Å². The van der Waals surface area contributed by atoms with Crippen molar-refractivity contribution >= 4 is 29.3 Å². The van der Waals surface area contributed by atoms with Gasteiger partial charge in [0.05, 0.1) is 29.2 Å². The number of thioether (sulfide) groups is 1. The molecule has 0 spiro atoms. The van der Waals surface area contributed by atoms with E-state index in [2.05, 4.69) is 16.2 Å². The van der Waals surface area contributed by atoms with Gasteiger partial charge in [-0.15, -0.1) is 0 Å². The molecule has 0 saturated carbocycles. The number of halogens is 1. The van der Waals surface area contributed by atoms with Gasteiger partial charge >= 0.3 is 5.97 Å². The summed E-state index contributed by atoms with van der Waals surface area (Å²) >= 11 is 7.24. The normalized spacial score (nSPS) is 10.5. The number of hydrogen-bond donors (Lipinski definition) is 0. The molecule has 0 atom stereocenters. The Morgan fingerprint density at radius 3 is 2.75 bits per heavy atom. The Morgan fingerprint density at radius 2 is 2.07 bits per heavy atom. The lowest BCUT2D eigenvalue weighted by Gasteiger charge is -2.08. The number of hydrogen-bond acceptors (Lipinski definition) is 7. The molecular formula is C20H16ClN3O3S. The zero-order valence-corrected chi connectivity index (χ0v) is 16.8. The monoisotopic (exact) mass is 413 g/mol. The summed E-state index contributed by atoms with van der Waals surface area (Å²) < 4.78 is 10.4. The second kappa shape index (κ2) is 8.91. The van der Waals surface area contributed by atoms with Crippen LogP contribution in [0.1, 0.15) is 34.3 Å². The third kappa shape index (κ3) is 4.53. The second-order valence-corrected chi connectivity index (χ2v) is 7.18. The molecule has 2 aromatic heterocycles. The number of rotatable bonds is 6. The van der Waals surface area contributed by atoms with Gasteiger partial charge in [0.2, 0.25) is 0 Å². The van der Waals surface area contributed by atoms with Crippen molar-refractivity contribution in [3.05, 3.63) is 64.0 Å². The van der Waals surface area contributed by atoms with Gasteiger partial charge in [-0.3, -0.25) is 0 Å². The van der Waals surface area contributed by atoms with Crippen LogP contribution in [0.2, 0.25) is 5.02 Å². The first-order valence-electron chi connectivity index (χ1n) is 8.45. The smallest absolute Gasteiger partial charge is 0.340 e. The summed E-state index contributed by atoms with van der Waals surface area (Å²) in [7, 11) is 0. The molecule has 0 N–H and O–H groups in total. The first-order chi connectivity index (χ1) is 13.5. The van der Waals surface area contributed by atoms with E-state index in [9.17, 15) is 10.1 Å². The number of carbonyl (C=O) groups excluding carboxylic acids is 1. The number of carbonyl (C=O) groups is 1. The van der Waals surface area contributed by atoms with Crippen molar-refractivity contribution in [1.82, 2.24) is 10.1 Å². The van der Waals surface area contributed by atoms with Gasteiger partial charge in [-0.25, -0.2) is 9.78 Å². The average Bonchev–Trinajstić information content (AvgIpc) is 3.16. The van der Waals surface area contributed by atoms with Crippen LogP contribution >= 0.6 is 23.4 Å². The Balaban J connectivity index is 1.76. The lowest BCUT2D eigenvalue weighted by molar-refractivity contribution is 0.0524. The van der Waals surface area contributed by atoms with E-state index in [4.69, 9.17) is 20.9 Å². The summed E-state index contributed by atoms with van der Waals surface area (Å²) in [4.78, 5) is 16.4. The highest BCUT2D eigenvalue weighted by Crippen LogP contribution is 2.28. The number of benzene rings is 1. The maximum atomic E-state index is 12.0. The number of ether oxygens (including phenoxy) is 1. The molecule has 3 rings (SSSR count). The van der Waals surface area contributed by atoms with Crippen LogP contribution in [0, 0.1) is 18.3 Å². The molecule has 0 saturated heterocycles. The van der Waals surface area contributed by atoms with Crippen LogP contribution in [0.3, 0.4) is 0 Å². The fourth-order valence-corrected chi connectivity index (χ4v) is 3.47. The zero-order chi connectivity index (χ0) is 20.1. The molecule has 8 heteroatoms. The summed E-state index contributed by atoms with van der Waals surface area (Å²) in [6, 6.07) is 12.7. The third-order valence-corrected chi connectivity index (χ3v) is 5.11. The lowest BCUT2D eigenvalue weighted by atomic mass is 10.1. The van der Waals surface area contributed by atoms with E-state index in [0.29, 0.717) is 44.1 Å². The van der Waals surface area contributed by atoms with E-state index < -0.39 is 5.97 Å². The van der Waals surface area contributed by atoms with Gasteiger partial charge in [0.15, 0.2) is 0 Å². The molecule has 142 valence electrons. The molecule has 0 amide bonds. The van der Waals surface area contributed by atoms with Crippen molar-refractivity contribution in [1.29, 1.82) is 5.26 Å². The summed E-state index contributed by atoms with van der Waals surface area (Å²) in [5.74, 6) is 0.608. The minimum absolute atomic E-state index is 0.262. The molecule has 0 aliphatic heterocycles. The maximum Gasteiger partial charge on any atom is 0.340 e. The minimum Gasteiger partial charge on any atom is -0.462 e. The Hall–Kier alpha value is -2.82. The molecule has 0 fully saturated rings. The highest BCUT2D eigenvalue weighted by molar-refractivity contribution is 7.98. The van der Waals surface area contributed by atoms with Gasteiger partial charge in [-0.05, 0) is 32.0 Å². The molecule has 6 nitrogen and oxygen atoms in total. The summed E-state index contributed by atoms with van der Waals surface area (Å²) in [5, 5.41) is 14.7. The molecule has 0 aliphatic rings. The third-order valence-electron chi connectivity index (χ3n) is 3.84. The van der Waals surface area contributed by atoms with Gasteiger partial charge in [0, 0.05) is 16.7 Å². The van der Waals surface area contributed by atoms with Gasteiger partial charge in [-0.2, -0.15) is 5.26 Å². The summed E-state index contributed by atoms with van der Waals surface area (Å²) in [5.41, 5.74) is 2.73. The Morgan fingerprint density at radius 1 is 1.32 bits per heavy atom. The van der Waals surface area contributed by atoms with Crippen LogP contribution in [-0.4, -0.2) is 22.7 Å². The van der Waals surface area contributed by atoms with Gasteiger partial charge < -0.3 is 9.26 Å². The van der Waals surface area contributed by atoms with E-state index in [1.54, 1.807) is 26.0 Å². The van der Waals surface area contributed by atoms with Crippen LogP contribution < -0.4 is 0 Å². The number of aromatic nitrogens is 2. The molecule has 0 unspecified atom stereocenters. The van der Waals surface area contributed by atoms with E-state index in [0.717, 1.165) is 5.56 Å². The van der Waals surface area contributed by atoms with E-state index >= 15 is 0 Å². The van der Waals surface area contributed by atoms with Crippen molar-refractivity contribution in [3.8, 4) is 17.3 Å². The molecule has 0 bridgehead atoms. The quantitative estimate of drug-likeness (QED) is 0.413. The molecule has 28 heavy (non-hydrogen) atoms. The molecule has 0 aliphatic carbocycles. The van der Waals surface area contributed by atoms with Gasteiger partial charge in [-0.1, -0.05) is 40.7 Å². The van der Waals surface area contributed by atoms with Crippen LogP contribution in [0.25, 0.3) is 11.3 Å². The van der Waals surface area contributed by atoms with E-state index in [-0.39, 0.29) is 6.61 Å². The number of nitriles is 1. The van der Waals surface area contributed by atoms with Crippen molar-refractivity contribution < 1.29 is 14.1 Å². The zero-order valence-electron chi connectivity index (χ0n) is 15.2. The molecule has 2 heterocycles. The molecular weight excluding hydrogens is 398 g/mol. The van der Waals surface area contributed by atoms with Crippen LogP contribution in [0.15, 0.2) is 45.9 Å². The van der Waals surface area contributed by atoms with Crippen molar-refractivity contribution in [2.45, 2.75) is 24.6 Å². The first kappa shape index (κ1) is 19.9. The number of esters is 1. The Labute approximate surface area is 171 Å². The number of aryl methyl sites for hydroxylation is 1. The fourth-order valence-electron chi connectivity index (χ4n) is 2.47. The Kier molecular flexibility index (Phi) is 6.34. The van der Waals surface area contributed by atoms with Gasteiger partial charge in [0.1, 0.15) is 22.5 Å². The molecule has 0 radical (unpaired) electrons. The van der Waals surface area contributed by atoms with Crippen LogP contribution in [0.4, 0.5) is 0 Å². The van der Waals surface area contributed by atoms with Gasteiger partial charge in [0.25, 0.3) is 0 Å². The first-order valence-corrected chi connectivity index (χ1v) is 9.81. The van der Waals surface area contributed by atoms with Crippen LogP contribution in [0.5, 0.6) is 0 Å². The predicted molar refractivity (Wildman–Crippen MR) is 106 cm³/mol. The summed E-state index contributed by atoms with van der Waals surface area (Å²) in [6.45, 7) is 3.70. The maximum absolute atomic E-state index is 12.0. The number of pyridine rings is 1. The van der Waals surface area contributed by atoms with E-state index in [1.165, 1.54) is 17.8 Å². The predicted octanol–water partition coefficient (Wildman–Crippen LogP) is 5.04. The van der Waals surface area contributed by atoms with Crippen LogP contribution in [-0.2, 0) is 10.5 Å². The van der Waals surface area contributed by atoms with Crippen molar-refractivity contribution in [2.75, 3.05) is 6.61 Å². The lowest BCUT2D eigenvalue weighted by Crippen LogP contribution is -2.09. The SMILES string of the molecule is CCOC(=O)c1cc(C#N)c(SCc2cc(-c3ccc(Cl)cc3)no2)nc1C. The highest BCUT2D eigenvalue weighted by atomic mass is 35.5. The number of nitrogens with zero attached hydrogens (tertiary/aromatic N) is 3. The average molecular weight is 414 g/mol. The minimum atomic E-state index is -0.483. The highest BCUT2D eigenvalue weighted by Gasteiger charge is 2.17. The standard InChI is InChI=1S/C20H16ClN3O3S/c1-3-26-20(25)17-8-14(10-22)19(23-12(17)2)28-11-16-9-18(24-27-16)13-4-6-15(21)7-5-13/h4-9H,3,11H2,1-2H3. The molecule has 3 aromatic rings. The summed E-state index contributed by atoms with van der Waals surface area (Å²) in [6.07, 6.45) is 0. The largest absolute Gasteiger partial charge is 0.462 e. The molecule has 1 aromatic carbocycles. The Bertz CT molecular complexity index is 1040. The van der Waals surface area contributed by atoms with Crippen molar-refractivity contribution in [3.63, 3.8) is 0 Å². The second-order valence-electron chi connectivity index (χ2n) is 5.78. The van der Waals surface area contributed by atoms with E-state index in [1.807, 2.05) is 18.2 Å². The topological polar surface area (TPSA) is 89.0 Å².